The molecule has 1 aliphatic rings. The summed E-state index contributed by atoms with van der Waals surface area (Å²) >= 11 is 0. The summed E-state index contributed by atoms with van der Waals surface area (Å²) < 4.78 is 9.74. The number of fused-ring (bicyclic) bond motifs is 1. The van der Waals surface area contributed by atoms with Crippen LogP contribution in [0.2, 0.25) is 0 Å². The maximum atomic E-state index is 12.0. The Bertz CT molecular complexity index is 524. The van der Waals surface area contributed by atoms with Crippen molar-refractivity contribution in [1.82, 2.24) is 0 Å². The molecule has 0 radical (unpaired) electrons. The summed E-state index contributed by atoms with van der Waals surface area (Å²) in [5.74, 6) is -1.24. The fourth-order valence-corrected chi connectivity index (χ4v) is 2.10. The zero-order valence-electron chi connectivity index (χ0n) is 9.80. The number of phenols is 1. The highest BCUT2D eigenvalue weighted by Gasteiger charge is 2.55. The predicted molar refractivity (Wildman–Crippen MR) is 62.2 cm³/mol. The summed E-state index contributed by atoms with van der Waals surface area (Å²) in [5.41, 5.74) is -1.26. The summed E-state index contributed by atoms with van der Waals surface area (Å²) in [6, 6.07) is 4.16. The SMILES string of the molecule is C=CCC1(C(=O)OC)C(=O)Oc2ccc(O)cc21. The third-order valence-corrected chi connectivity index (χ3v) is 2.96. The fourth-order valence-electron chi connectivity index (χ4n) is 2.10. The minimum absolute atomic E-state index is 0.0506. The van der Waals surface area contributed by atoms with Crippen molar-refractivity contribution >= 4 is 11.9 Å². The summed E-state index contributed by atoms with van der Waals surface area (Å²) in [6.45, 7) is 3.54. The predicted octanol–water partition coefficient (Wildman–Crippen LogP) is 1.30. The van der Waals surface area contributed by atoms with Gasteiger partial charge in [0, 0.05) is 5.56 Å². The van der Waals surface area contributed by atoms with Crippen LogP contribution in [0.4, 0.5) is 0 Å². The van der Waals surface area contributed by atoms with Crippen molar-refractivity contribution in [3.8, 4) is 11.5 Å². The molecule has 94 valence electrons. The van der Waals surface area contributed by atoms with E-state index < -0.39 is 17.4 Å². The molecule has 0 bridgehead atoms. The van der Waals surface area contributed by atoms with Gasteiger partial charge in [-0.2, -0.15) is 0 Å². The Kier molecular flexibility index (Phi) is 2.82. The number of hydrogen-bond donors (Lipinski definition) is 1. The Balaban J connectivity index is 2.67. The Morgan fingerprint density at radius 1 is 1.61 bits per heavy atom. The van der Waals surface area contributed by atoms with E-state index in [4.69, 9.17) is 4.74 Å². The van der Waals surface area contributed by atoms with Crippen molar-refractivity contribution in [3.05, 3.63) is 36.4 Å². The molecule has 0 aliphatic carbocycles. The second-order valence-corrected chi connectivity index (χ2v) is 3.96. The molecule has 1 aliphatic heterocycles. The molecule has 0 spiro atoms. The molecule has 0 saturated heterocycles. The number of carbonyl (C=O) groups is 2. The van der Waals surface area contributed by atoms with E-state index in [9.17, 15) is 14.7 Å². The van der Waals surface area contributed by atoms with Gasteiger partial charge in [0.15, 0.2) is 5.41 Å². The molecule has 1 N–H and O–H groups in total. The highest BCUT2D eigenvalue weighted by Crippen LogP contribution is 2.44. The molecule has 1 unspecified atom stereocenters. The molecule has 0 amide bonds. The molecule has 1 atom stereocenters. The van der Waals surface area contributed by atoms with Crippen LogP contribution in [0.1, 0.15) is 12.0 Å². The number of allylic oxidation sites excluding steroid dienone is 1. The van der Waals surface area contributed by atoms with Crippen molar-refractivity contribution in [2.75, 3.05) is 7.11 Å². The molecule has 1 aromatic carbocycles. The van der Waals surface area contributed by atoms with Crippen LogP contribution in [-0.4, -0.2) is 24.2 Å². The molecule has 5 heteroatoms. The first-order valence-corrected chi connectivity index (χ1v) is 5.31. The molecule has 0 saturated carbocycles. The lowest BCUT2D eigenvalue weighted by molar-refractivity contribution is -0.156. The van der Waals surface area contributed by atoms with Crippen molar-refractivity contribution < 1.29 is 24.2 Å². The second-order valence-electron chi connectivity index (χ2n) is 3.96. The van der Waals surface area contributed by atoms with Gasteiger partial charge in [-0.3, -0.25) is 9.59 Å². The molecule has 0 fully saturated rings. The Morgan fingerprint density at radius 3 is 2.94 bits per heavy atom. The molecule has 2 rings (SSSR count). The van der Waals surface area contributed by atoms with Gasteiger partial charge in [-0.15, -0.1) is 6.58 Å². The molecule has 0 aromatic heterocycles. The second kappa shape index (κ2) is 4.18. The zero-order chi connectivity index (χ0) is 13.3. The van der Waals surface area contributed by atoms with E-state index in [0.29, 0.717) is 5.56 Å². The largest absolute Gasteiger partial charge is 0.508 e. The third kappa shape index (κ3) is 1.48. The minimum atomic E-state index is -1.56. The first-order valence-electron chi connectivity index (χ1n) is 5.31. The van der Waals surface area contributed by atoms with Gasteiger partial charge in [0.2, 0.25) is 0 Å². The standard InChI is InChI=1S/C13H12O5/c1-3-6-13(11(15)17-2)9-7-8(14)4-5-10(9)18-12(13)16/h3-5,7,14H,1,6H2,2H3. The average Bonchev–Trinajstić information content (AvgIpc) is 2.63. The summed E-state index contributed by atoms with van der Waals surface area (Å²) in [7, 11) is 1.20. The molecule has 18 heavy (non-hydrogen) atoms. The van der Waals surface area contributed by atoms with E-state index in [1.54, 1.807) is 0 Å². The van der Waals surface area contributed by atoms with Crippen molar-refractivity contribution in [3.63, 3.8) is 0 Å². The first kappa shape index (κ1) is 12.2. The lowest BCUT2D eigenvalue weighted by atomic mass is 9.78. The van der Waals surface area contributed by atoms with Crippen LogP contribution in [0.25, 0.3) is 0 Å². The number of phenolic OH excluding ortho intramolecular Hbond substituents is 1. The van der Waals surface area contributed by atoms with Gasteiger partial charge < -0.3 is 14.6 Å². The van der Waals surface area contributed by atoms with E-state index in [2.05, 4.69) is 11.3 Å². The van der Waals surface area contributed by atoms with Gasteiger partial charge in [0.05, 0.1) is 7.11 Å². The van der Waals surface area contributed by atoms with Crippen LogP contribution < -0.4 is 4.74 Å². The van der Waals surface area contributed by atoms with Crippen LogP contribution in [0.5, 0.6) is 11.5 Å². The van der Waals surface area contributed by atoms with Crippen molar-refractivity contribution in [2.45, 2.75) is 11.8 Å². The summed E-state index contributed by atoms with van der Waals surface area (Å²) in [5, 5.41) is 9.49. The number of benzene rings is 1. The number of ether oxygens (including phenoxy) is 2. The van der Waals surface area contributed by atoms with Gasteiger partial charge in [-0.1, -0.05) is 6.08 Å². The monoisotopic (exact) mass is 248 g/mol. The summed E-state index contributed by atoms with van der Waals surface area (Å²) in [6.07, 6.45) is 1.49. The number of hydrogen-bond acceptors (Lipinski definition) is 5. The fraction of sp³-hybridized carbons (Fsp3) is 0.231. The van der Waals surface area contributed by atoms with E-state index in [1.165, 1.54) is 31.4 Å². The van der Waals surface area contributed by atoms with Crippen LogP contribution in [-0.2, 0) is 19.7 Å². The number of rotatable bonds is 3. The van der Waals surface area contributed by atoms with E-state index in [0.717, 1.165) is 0 Å². The highest BCUT2D eigenvalue weighted by atomic mass is 16.6. The number of esters is 2. The maximum absolute atomic E-state index is 12.0. The van der Waals surface area contributed by atoms with Gasteiger partial charge in [0.1, 0.15) is 11.5 Å². The molecule has 1 aromatic rings. The topological polar surface area (TPSA) is 72.8 Å². The van der Waals surface area contributed by atoms with E-state index >= 15 is 0 Å². The Hall–Kier alpha value is -2.30. The van der Waals surface area contributed by atoms with Crippen LogP contribution in [0.3, 0.4) is 0 Å². The number of aromatic hydroxyl groups is 1. The van der Waals surface area contributed by atoms with Crippen LogP contribution in [0.15, 0.2) is 30.9 Å². The third-order valence-electron chi connectivity index (χ3n) is 2.96. The number of methoxy groups -OCH3 is 1. The minimum Gasteiger partial charge on any atom is -0.508 e. The van der Waals surface area contributed by atoms with Crippen molar-refractivity contribution in [1.29, 1.82) is 0 Å². The molecule has 1 heterocycles. The molecular weight excluding hydrogens is 236 g/mol. The zero-order valence-corrected chi connectivity index (χ0v) is 9.80. The van der Waals surface area contributed by atoms with Gasteiger partial charge in [-0.25, -0.2) is 0 Å². The highest BCUT2D eigenvalue weighted by molar-refractivity contribution is 6.10. The lowest BCUT2D eigenvalue weighted by Gasteiger charge is -2.21. The Labute approximate surface area is 104 Å². The first-order chi connectivity index (χ1) is 8.56. The maximum Gasteiger partial charge on any atom is 0.333 e. The van der Waals surface area contributed by atoms with E-state index in [-0.39, 0.29) is 17.9 Å². The number of carbonyl (C=O) groups excluding carboxylic acids is 2. The molecule has 5 nitrogen and oxygen atoms in total. The van der Waals surface area contributed by atoms with Crippen LogP contribution in [0, 0.1) is 0 Å². The average molecular weight is 248 g/mol. The van der Waals surface area contributed by atoms with Gasteiger partial charge in [0.25, 0.3) is 0 Å². The quantitative estimate of drug-likeness (QED) is 0.378. The summed E-state index contributed by atoms with van der Waals surface area (Å²) in [4.78, 5) is 24.0. The Morgan fingerprint density at radius 2 is 2.33 bits per heavy atom. The molecular formula is C13H12O5. The normalized spacial score (nSPS) is 21.1. The smallest absolute Gasteiger partial charge is 0.333 e. The van der Waals surface area contributed by atoms with Gasteiger partial charge in [-0.05, 0) is 24.6 Å². The van der Waals surface area contributed by atoms with E-state index in [1.807, 2.05) is 0 Å². The van der Waals surface area contributed by atoms with Crippen LogP contribution >= 0.6 is 0 Å². The lowest BCUT2D eigenvalue weighted by Crippen LogP contribution is -2.42. The van der Waals surface area contributed by atoms with Gasteiger partial charge >= 0.3 is 11.9 Å². The van der Waals surface area contributed by atoms with Crippen molar-refractivity contribution in [2.24, 2.45) is 0 Å².